The van der Waals surface area contributed by atoms with Crippen molar-refractivity contribution in [3.05, 3.63) is 41.1 Å². The molecule has 6 heteroatoms. The molecule has 5 nitrogen and oxygen atoms in total. The summed E-state index contributed by atoms with van der Waals surface area (Å²) in [4.78, 5) is 11.8. The number of anilines is 1. The number of nitrogens with zero attached hydrogens (tertiary/aromatic N) is 1. The van der Waals surface area contributed by atoms with E-state index >= 15 is 0 Å². The molecule has 1 amide bonds. The van der Waals surface area contributed by atoms with Crippen molar-refractivity contribution < 1.29 is 14.1 Å². The van der Waals surface area contributed by atoms with Crippen molar-refractivity contribution in [1.29, 1.82) is 0 Å². The van der Waals surface area contributed by atoms with E-state index in [1.54, 1.807) is 25.1 Å². The van der Waals surface area contributed by atoms with Gasteiger partial charge in [-0.1, -0.05) is 21.1 Å². The molecular formula is C12H11BrN2O3. The van der Waals surface area contributed by atoms with Gasteiger partial charge in [0.1, 0.15) is 12.0 Å². The van der Waals surface area contributed by atoms with Gasteiger partial charge in [-0.2, -0.15) is 0 Å². The summed E-state index contributed by atoms with van der Waals surface area (Å²) in [6.45, 7) is 1.66. The van der Waals surface area contributed by atoms with E-state index in [1.807, 2.05) is 12.1 Å². The van der Waals surface area contributed by atoms with Gasteiger partial charge in [0, 0.05) is 10.5 Å². The lowest BCUT2D eigenvalue weighted by molar-refractivity contribution is -0.122. The third-order valence-corrected chi connectivity index (χ3v) is 2.71. The molecule has 2 rings (SSSR count). The normalized spacial score (nSPS) is 11.9. The topological polar surface area (TPSA) is 64.4 Å². The minimum atomic E-state index is -0.622. The van der Waals surface area contributed by atoms with E-state index in [4.69, 9.17) is 4.74 Å². The second-order valence-electron chi connectivity index (χ2n) is 3.59. The van der Waals surface area contributed by atoms with Crippen LogP contribution in [0.15, 0.2) is 45.6 Å². The minimum Gasteiger partial charge on any atom is -0.481 e. The number of amides is 1. The Kier molecular flexibility index (Phi) is 3.99. The first-order chi connectivity index (χ1) is 8.65. The number of benzene rings is 1. The van der Waals surface area contributed by atoms with Crippen LogP contribution < -0.4 is 10.1 Å². The number of carbonyl (C=O) groups excluding carboxylic acids is 1. The summed E-state index contributed by atoms with van der Waals surface area (Å²) >= 11 is 3.33. The van der Waals surface area contributed by atoms with Crippen molar-refractivity contribution in [3.63, 3.8) is 0 Å². The number of hydrogen-bond donors (Lipinski definition) is 1. The van der Waals surface area contributed by atoms with E-state index < -0.39 is 6.10 Å². The molecule has 0 spiro atoms. The summed E-state index contributed by atoms with van der Waals surface area (Å²) in [6, 6.07) is 8.81. The number of aromatic nitrogens is 1. The van der Waals surface area contributed by atoms with Crippen LogP contribution in [-0.2, 0) is 4.79 Å². The van der Waals surface area contributed by atoms with Gasteiger partial charge >= 0.3 is 0 Å². The lowest BCUT2D eigenvalue weighted by Crippen LogP contribution is -2.30. The molecule has 1 N–H and O–H groups in total. The maximum atomic E-state index is 11.8. The molecule has 0 fully saturated rings. The summed E-state index contributed by atoms with van der Waals surface area (Å²) in [6.07, 6.45) is 0.762. The van der Waals surface area contributed by atoms with Gasteiger partial charge in [-0.25, -0.2) is 0 Å². The Bertz CT molecular complexity index is 511. The number of nitrogens with one attached hydrogen (secondary N) is 1. The Balaban J connectivity index is 1.93. The molecule has 1 atom stereocenters. The highest BCUT2D eigenvalue weighted by molar-refractivity contribution is 9.10. The Hall–Kier alpha value is -1.82. The van der Waals surface area contributed by atoms with Crippen LogP contribution in [0.3, 0.4) is 0 Å². The highest BCUT2D eigenvalue weighted by Gasteiger charge is 2.15. The zero-order chi connectivity index (χ0) is 13.0. The summed E-state index contributed by atoms with van der Waals surface area (Å²) in [5.74, 6) is 0.707. The summed E-state index contributed by atoms with van der Waals surface area (Å²) in [5.41, 5.74) is 0. The predicted octanol–water partition coefficient (Wildman–Crippen LogP) is 2.84. The van der Waals surface area contributed by atoms with E-state index in [0.717, 1.165) is 4.47 Å². The second kappa shape index (κ2) is 5.68. The molecule has 0 saturated heterocycles. The van der Waals surface area contributed by atoms with Crippen molar-refractivity contribution in [1.82, 2.24) is 5.16 Å². The van der Waals surface area contributed by atoms with Gasteiger partial charge < -0.3 is 14.6 Å². The number of halogens is 1. The average Bonchev–Trinajstić information content (AvgIpc) is 2.85. The van der Waals surface area contributed by atoms with Crippen molar-refractivity contribution >= 4 is 27.7 Å². The van der Waals surface area contributed by atoms with Crippen molar-refractivity contribution in [2.45, 2.75) is 13.0 Å². The van der Waals surface area contributed by atoms with Gasteiger partial charge in [0.05, 0.1) is 0 Å². The SMILES string of the molecule is CC(Oc1ccc(Br)cc1)C(=O)Nc1ccon1. The molecule has 0 aliphatic rings. The van der Waals surface area contributed by atoms with Crippen LogP contribution in [0.25, 0.3) is 0 Å². The van der Waals surface area contributed by atoms with E-state index in [-0.39, 0.29) is 5.91 Å². The van der Waals surface area contributed by atoms with Gasteiger partial charge in [-0.05, 0) is 31.2 Å². The zero-order valence-corrected chi connectivity index (χ0v) is 11.2. The Morgan fingerprint density at radius 1 is 1.39 bits per heavy atom. The first kappa shape index (κ1) is 12.6. The molecule has 18 heavy (non-hydrogen) atoms. The summed E-state index contributed by atoms with van der Waals surface area (Å²) in [5, 5.41) is 6.16. The van der Waals surface area contributed by atoms with Crippen LogP contribution in [0.2, 0.25) is 0 Å². The highest BCUT2D eigenvalue weighted by Crippen LogP contribution is 2.17. The maximum absolute atomic E-state index is 11.8. The molecule has 1 aromatic heterocycles. The third-order valence-electron chi connectivity index (χ3n) is 2.18. The molecule has 2 aromatic rings. The van der Waals surface area contributed by atoms with Gasteiger partial charge in [0.25, 0.3) is 5.91 Å². The number of hydrogen-bond acceptors (Lipinski definition) is 4. The van der Waals surface area contributed by atoms with Gasteiger partial charge in [-0.15, -0.1) is 0 Å². The van der Waals surface area contributed by atoms with Crippen LogP contribution in [0.4, 0.5) is 5.82 Å². The first-order valence-electron chi connectivity index (χ1n) is 5.28. The molecule has 94 valence electrons. The second-order valence-corrected chi connectivity index (χ2v) is 4.50. The predicted molar refractivity (Wildman–Crippen MR) is 69.4 cm³/mol. The fraction of sp³-hybridized carbons (Fsp3) is 0.167. The van der Waals surface area contributed by atoms with Crippen LogP contribution >= 0.6 is 15.9 Å². The van der Waals surface area contributed by atoms with Crippen molar-refractivity contribution in [2.75, 3.05) is 5.32 Å². The van der Waals surface area contributed by atoms with E-state index in [1.165, 1.54) is 6.26 Å². The molecule has 0 bridgehead atoms. The fourth-order valence-electron chi connectivity index (χ4n) is 1.28. The number of rotatable bonds is 4. The molecule has 0 aliphatic heterocycles. The Labute approximate surface area is 112 Å². The van der Waals surface area contributed by atoms with E-state index in [0.29, 0.717) is 11.6 Å². The molecule has 0 radical (unpaired) electrons. The van der Waals surface area contributed by atoms with Crippen molar-refractivity contribution in [3.8, 4) is 5.75 Å². The Morgan fingerprint density at radius 3 is 2.72 bits per heavy atom. The average molecular weight is 311 g/mol. The first-order valence-corrected chi connectivity index (χ1v) is 6.08. The number of carbonyl (C=O) groups is 1. The monoisotopic (exact) mass is 310 g/mol. The smallest absolute Gasteiger partial charge is 0.266 e. The quantitative estimate of drug-likeness (QED) is 0.943. The van der Waals surface area contributed by atoms with Crippen LogP contribution in [0, 0.1) is 0 Å². The van der Waals surface area contributed by atoms with E-state index in [9.17, 15) is 4.79 Å². The molecular weight excluding hydrogens is 300 g/mol. The fourth-order valence-corrected chi connectivity index (χ4v) is 1.54. The molecule has 1 aromatic carbocycles. The third kappa shape index (κ3) is 3.33. The molecule has 0 aliphatic carbocycles. The molecule has 1 unspecified atom stereocenters. The lowest BCUT2D eigenvalue weighted by Gasteiger charge is -2.13. The Morgan fingerprint density at radius 2 is 2.11 bits per heavy atom. The molecule has 1 heterocycles. The molecule has 0 saturated carbocycles. The van der Waals surface area contributed by atoms with E-state index in [2.05, 4.69) is 30.9 Å². The zero-order valence-electron chi connectivity index (χ0n) is 9.59. The van der Waals surface area contributed by atoms with Crippen LogP contribution in [-0.4, -0.2) is 17.2 Å². The van der Waals surface area contributed by atoms with Crippen LogP contribution in [0.1, 0.15) is 6.92 Å². The largest absolute Gasteiger partial charge is 0.481 e. The summed E-state index contributed by atoms with van der Waals surface area (Å²) in [7, 11) is 0. The minimum absolute atomic E-state index is 0.285. The van der Waals surface area contributed by atoms with Gasteiger partial charge in [0.15, 0.2) is 11.9 Å². The summed E-state index contributed by atoms with van der Waals surface area (Å²) < 4.78 is 11.1. The maximum Gasteiger partial charge on any atom is 0.266 e. The van der Waals surface area contributed by atoms with Crippen LogP contribution in [0.5, 0.6) is 5.75 Å². The van der Waals surface area contributed by atoms with Gasteiger partial charge in [0.2, 0.25) is 0 Å². The number of ether oxygens (including phenoxy) is 1. The standard InChI is InChI=1S/C12H11BrN2O3/c1-8(12(16)14-11-6-7-17-15-11)18-10-4-2-9(13)3-5-10/h2-8H,1H3,(H,14,15,16). The lowest BCUT2D eigenvalue weighted by atomic mass is 10.3. The highest BCUT2D eigenvalue weighted by atomic mass is 79.9. The van der Waals surface area contributed by atoms with Gasteiger partial charge in [-0.3, -0.25) is 4.79 Å². The van der Waals surface area contributed by atoms with Crippen molar-refractivity contribution in [2.24, 2.45) is 0 Å².